The Morgan fingerprint density at radius 3 is 2.69 bits per heavy atom. The molecule has 4 aromatic rings. The maximum Gasteiger partial charge on any atom is 0.162 e. The molecule has 7 nitrogen and oxygen atoms in total. The minimum absolute atomic E-state index is 0.0431. The molecule has 1 aliphatic rings. The van der Waals surface area contributed by atoms with Crippen molar-refractivity contribution in [2.75, 3.05) is 19.5 Å². The first-order valence-corrected chi connectivity index (χ1v) is 10.9. The van der Waals surface area contributed by atoms with Gasteiger partial charge < -0.3 is 19.4 Å². The van der Waals surface area contributed by atoms with Crippen molar-refractivity contribution in [3.05, 3.63) is 59.8 Å². The van der Waals surface area contributed by atoms with E-state index in [1.54, 1.807) is 14.2 Å². The fraction of sp³-hybridized carbons (Fsp3) is 0.320. The highest BCUT2D eigenvalue weighted by molar-refractivity contribution is 5.92. The quantitative estimate of drug-likeness (QED) is 0.468. The molecule has 1 aliphatic heterocycles. The molecule has 0 aliphatic carbocycles. The predicted molar refractivity (Wildman–Crippen MR) is 125 cm³/mol. The second-order valence-corrected chi connectivity index (χ2v) is 8.15. The number of benzene rings is 2. The molecule has 0 fully saturated rings. The lowest BCUT2D eigenvalue weighted by atomic mass is 10.0. The third kappa shape index (κ3) is 3.53. The molecule has 0 bridgehead atoms. The first-order valence-electron chi connectivity index (χ1n) is 10.9. The van der Waals surface area contributed by atoms with Gasteiger partial charge >= 0.3 is 0 Å². The third-order valence-corrected chi connectivity index (χ3v) is 6.07. The Bertz CT molecular complexity index is 1300. The normalized spacial score (nSPS) is 13.8. The molecule has 0 saturated carbocycles. The number of rotatable bonds is 6. The standard InChI is InChI=1S/C25H27N5O2/c1-15(17-7-5-8-18(11-17)21-14-26-24-9-6-10-30(21)24)27-25-19-12-22(31-3)23(32-4)13-20(19)28-16(2)29-25/h5,7-8,11-15H,6,9-10H2,1-4H3,(H,27,28,29)/t15-/m1/s1. The fourth-order valence-corrected chi connectivity index (χ4v) is 4.43. The molecule has 2 aromatic carbocycles. The third-order valence-electron chi connectivity index (χ3n) is 6.07. The average molecular weight is 430 g/mol. The first-order chi connectivity index (χ1) is 15.6. The van der Waals surface area contributed by atoms with Crippen molar-refractivity contribution in [2.45, 2.75) is 39.3 Å². The Morgan fingerprint density at radius 1 is 1.06 bits per heavy atom. The zero-order chi connectivity index (χ0) is 22.2. The van der Waals surface area contributed by atoms with Crippen LogP contribution in [0.2, 0.25) is 0 Å². The Kier molecular flexibility index (Phi) is 5.17. The van der Waals surface area contributed by atoms with Crippen LogP contribution in [0.3, 0.4) is 0 Å². The minimum atomic E-state index is 0.0431. The van der Waals surface area contributed by atoms with E-state index in [0.29, 0.717) is 17.3 Å². The van der Waals surface area contributed by atoms with E-state index in [1.807, 2.05) is 25.3 Å². The lowest BCUT2D eigenvalue weighted by Gasteiger charge is -2.18. The fourth-order valence-electron chi connectivity index (χ4n) is 4.43. The second-order valence-electron chi connectivity index (χ2n) is 8.15. The molecule has 32 heavy (non-hydrogen) atoms. The Balaban J connectivity index is 1.49. The number of aryl methyl sites for hydroxylation is 2. The lowest BCUT2D eigenvalue weighted by molar-refractivity contribution is 0.356. The van der Waals surface area contributed by atoms with E-state index in [0.717, 1.165) is 29.7 Å². The molecule has 3 heterocycles. The number of imidazole rings is 1. The van der Waals surface area contributed by atoms with E-state index in [4.69, 9.17) is 9.47 Å². The summed E-state index contributed by atoms with van der Waals surface area (Å²) in [7, 11) is 3.26. The van der Waals surface area contributed by atoms with E-state index in [2.05, 4.69) is 56.0 Å². The largest absolute Gasteiger partial charge is 0.493 e. The van der Waals surface area contributed by atoms with Crippen molar-refractivity contribution < 1.29 is 9.47 Å². The molecule has 5 rings (SSSR count). The van der Waals surface area contributed by atoms with E-state index >= 15 is 0 Å². The number of hydrogen-bond donors (Lipinski definition) is 1. The van der Waals surface area contributed by atoms with Gasteiger partial charge in [-0.2, -0.15) is 0 Å². The van der Waals surface area contributed by atoms with Crippen molar-refractivity contribution in [1.82, 2.24) is 19.5 Å². The van der Waals surface area contributed by atoms with Crippen LogP contribution in [-0.2, 0) is 13.0 Å². The molecular weight excluding hydrogens is 402 g/mol. The monoisotopic (exact) mass is 429 g/mol. The van der Waals surface area contributed by atoms with Crippen LogP contribution in [0.5, 0.6) is 11.5 Å². The van der Waals surface area contributed by atoms with Crippen LogP contribution in [0.25, 0.3) is 22.2 Å². The molecule has 2 aromatic heterocycles. The molecule has 7 heteroatoms. The summed E-state index contributed by atoms with van der Waals surface area (Å²) >= 11 is 0. The summed E-state index contributed by atoms with van der Waals surface area (Å²) in [5.41, 5.74) is 4.37. The molecule has 0 amide bonds. The van der Waals surface area contributed by atoms with Gasteiger partial charge in [0.05, 0.1) is 31.6 Å². The van der Waals surface area contributed by atoms with Crippen LogP contribution in [-0.4, -0.2) is 33.7 Å². The van der Waals surface area contributed by atoms with Crippen LogP contribution in [0.1, 0.15) is 36.6 Å². The summed E-state index contributed by atoms with van der Waals surface area (Å²) in [5, 5.41) is 4.48. The second kappa shape index (κ2) is 8.15. The number of methoxy groups -OCH3 is 2. The Morgan fingerprint density at radius 2 is 1.88 bits per heavy atom. The zero-order valence-corrected chi connectivity index (χ0v) is 18.8. The number of nitrogens with one attached hydrogen (secondary N) is 1. The van der Waals surface area contributed by atoms with Gasteiger partial charge in [-0.05, 0) is 38.0 Å². The summed E-state index contributed by atoms with van der Waals surface area (Å²) in [6.45, 7) is 5.08. The van der Waals surface area contributed by atoms with Gasteiger partial charge in [0, 0.05) is 36.0 Å². The molecule has 0 radical (unpaired) electrons. The van der Waals surface area contributed by atoms with Crippen molar-refractivity contribution in [3.8, 4) is 22.8 Å². The zero-order valence-electron chi connectivity index (χ0n) is 18.8. The number of aromatic nitrogens is 4. The first kappa shape index (κ1) is 20.3. The average Bonchev–Trinajstić information content (AvgIpc) is 3.42. The summed E-state index contributed by atoms with van der Waals surface area (Å²) in [5.74, 6) is 3.96. The van der Waals surface area contributed by atoms with Gasteiger partial charge in [-0.1, -0.05) is 18.2 Å². The Hall–Kier alpha value is -3.61. The molecular formula is C25H27N5O2. The smallest absolute Gasteiger partial charge is 0.162 e. The van der Waals surface area contributed by atoms with Crippen LogP contribution in [0, 0.1) is 6.92 Å². The molecule has 1 N–H and O–H groups in total. The number of nitrogens with zero attached hydrogens (tertiary/aromatic N) is 4. The lowest BCUT2D eigenvalue weighted by Crippen LogP contribution is -2.10. The van der Waals surface area contributed by atoms with Crippen molar-refractivity contribution in [1.29, 1.82) is 0 Å². The van der Waals surface area contributed by atoms with Gasteiger partial charge in [0.15, 0.2) is 11.5 Å². The van der Waals surface area contributed by atoms with Crippen LogP contribution >= 0.6 is 0 Å². The molecule has 1 atom stereocenters. The van der Waals surface area contributed by atoms with Crippen molar-refractivity contribution in [2.24, 2.45) is 0 Å². The summed E-state index contributed by atoms with van der Waals surface area (Å²) in [4.78, 5) is 13.9. The number of fused-ring (bicyclic) bond motifs is 2. The van der Waals surface area contributed by atoms with Gasteiger partial charge in [-0.25, -0.2) is 15.0 Å². The van der Waals surface area contributed by atoms with E-state index in [-0.39, 0.29) is 6.04 Å². The molecule has 0 unspecified atom stereocenters. The van der Waals surface area contributed by atoms with E-state index in [1.165, 1.54) is 29.1 Å². The van der Waals surface area contributed by atoms with Gasteiger partial charge in [0.1, 0.15) is 17.5 Å². The van der Waals surface area contributed by atoms with Crippen LogP contribution < -0.4 is 14.8 Å². The summed E-state index contributed by atoms with van der Waals surface area (Å²) in [6.07, 6.45) is 4.22. The van der Waals surface area contributed by atoms with Crippen molar-refractivity contribution >= 4 is 16.7 Å². The topological polar surface area (TPSA) is 74.1 Å². The van der Waals surface area contributed by atoms with Gasteiger partial charge in [-0.15, -0.1) is 0 Å². The maximum atomic E-state index is 5.50. The molecule has 0 spiro atoms. The van der Waals surface area contributed by atoms with E-state index in [9.17, 15) is 0 Å². The van der Waals surface area contributed by atoms with Crippen molar-refractivity contribution in [3.63, 3.8) is 0 Å². The highest BCUT2D eigenvalue weighted by Gasteiger charge is 2.18. The van der Waals surface area contributed by atoms with Gasteiger partial charge in [-0.3, -0.25) is 0 Å². The minimum Gasteiger partial charge on any atom is -0.493 e. The molecule has 164 valence electrons. The van der Waals surface area contributed by atoms with E-state index < -0.39 is 0 Å². The number of anilines is 1. The SMILES string of the molecule is COc1cc2nc(C)nc(N[C@H](C)c3cccc(-c4cnc5n4CCC5)c3)c2cc1OC. The predicted octanol–water partition coefficient (Wildman–Crippen LogP) is 4.94. The summed E-state index contributed by atoms with van der Waals surface area (Å²) < 4.78 is 13.3. The molecule has 0 saturated heterocycles. The van der Waals surface area contributed by atoms with Gasteiger partial charge in [0.25, 0.3) is 0 Å². The van der Waals surface area contributed by atoms with Crippen LogP contribution in [0.15, 0.2) is 42.6 Å². The van der Waals surface area contributed by atoms with Gasteiger partial charge in [0.2, 0.25) is 0 Å². The number of ether oxygens (including phenoxy) is 2. The number of hydrogen-bond acceptors (Lipinski definition) is 6. The maximum absolute atomic E-state index is 5.50. The highest BCUT2D eigenvalue weighted by Crippen LogP contribution is 2.35. The summed E-state index contributed by atoms with van der Waals surface area (Å²) in [6, 6.07) is 12.5. The van der Waals surface area contributed by atoms with Crippen LogP contribution in [0.4, 0.5) is 5.82 Å². The highest BCUT2D eigenvalue weighted by atomic mass is 16.5. The Labute approximate surface area is 187 Å².